The number of aryl methyl sites for hydroxylation is 2. The van der Waals surface area contributed by atoms with Crippen molar-refractivity contribution in [1.82, 2.24) is 29.6 Å². The number of anilines is 2. The average Bonchev–Trinajstić information content (AvgIpc) is 3.11. The highest BCUT2D eigenvalue weighted by Crippen LogP contribution is 2.15. The summed E-state index contributed by atoms with van der Waals surface area (Å²) in [5, 5.41) is 7.81. The van der Waals surface area contributed by atoms with Gasteiger partial charge in [0.25, 0.3) is 0 Å². The van der Waals surface area contributed by atoms with Gasteiger partial charge < -0.3 is 15.1 Å². The number of aromatic nitrogens is 5. The van der Waals surface area contributed by atoms with Gasteiger partial charge in [-0.1, -0.05) is 13.0 Å². The van der Waals surface area contributed by atoms with Crippen molar-refractivity contribution in [3.8, 4) is 5.82 Å². The summed E-state index contributed by atoms with van der Waals surface area (Å²) in [6.45, 7) is 12.2. The van der Waals surface area contributed by atoms with E-state index in [1.54, 1.807) is 12.4 Å². The minimum atomic E-state index is 0.645. The Morgan fingerprint density at radius 1 is 1.00 bits per heavy atom. The Hall–Kier alpha value is -3.00. The number of piperazine rings is 1. The molecule has 0 aliphatic carbocycles. The minimum Gasteiger partial charge on any atom is -0.365 e. The summed E-state index contributed by atoms with van der Waals surface area (Å²) in [7, 11) is 0. The van der Waals surface area contributed by atoms with Crippen LogP contribution in [-0.2, 0) is 6.54 Å². The first-order valence-corrected chi connectivity index (χ1v) is 10.1. The van der Waals surface area contributed by atoms with E-state index < -0.39 is 0 Å². The highest BCUT2D eigenvalue weighted by molar-refractivity contribution is 5.41. The predicted molar refractivity (Wildman–Crippen MR) is 115 cm³/mol. The number of hydrogen-bond acceptors (Lipinski definition) is 7. The Bertz CT molecular complexity index is 942. The van der Waals surface area contributed by atoms with Gasteiger partial charge in [0.2, 0.25) is 0 Å². The molecular weight excluding hydrogens is 364 g/mol. The van der Waals surface area contributed by atoms with Crippen LogP contribution in [0.1, 0.15) is 23.9 Å². The first-order chi connectivity index (χ1) is 14.1. The maximum absolute atomic E-state index is 4.66. The van der Waals surface area contributed by atoms with E-state index >= 15 is 0 Å². The van der Waals surface area contributed by atoms with Crippen molar-refractivity contribution >= 4 is 11.6 Å². The molecule has 29 heavy (non-hydrogen) atoms. The molecule has 1 fully saturated rings. The Kier molecular flexibility index (Phi) is 5.71. The average molecular weight is 393 g/mol. The molecule has 0 aromatic carbocycles. The lowest BCUT2D eigenvalue weighted by Crippen LogP contribution is -2.46. The molecule has 4 heterocycles. The van der Waals surface area contributed by atoms with Gasteiger partial charge in [-0.25, -0.2) is 14.6 Å². The zero-order valence-corrected chi connectivity index (χ0v) is 17.3. The van der Waals surface area contributed by atoms with E-state index in [0.29, 0.717) is 12.4 Å². The van der Waals surface area contributed by atoms with E-state index in [1.807, 2.05) is 30.8 Å². The summed E-state index contributed by atoms with van der Waals surface area (Å²) in [6, 6.07) is 6.26. The quantitative estimate of drug-likeness (QED) is 0.690. The maximum Gasteiger partial charge on any atom is 0.174 e. The molecule has 152 valence electrons. The van der Waals surface area contributed by atoms with Gasteiger partial charge in [-0.05, 0) is 38.1 Å². The van der Waals surface area contributed by atoms with Crippen LogP contribution >= 0.6 is 0 Å². The number of likely N-dealkylation sites (N-methyl/N-ethyl adjacent to an activating group) is 1. The first-order valence-electron chi connectivity index (χ1n) is 10.1. The van der Waals surface area contributed by atoms with Crippen molar-refractivity contribution in [2.24, 2.45) is 0 Å². The van der Waals surface area contributed by atoms with Crippen LogP contribution < -0.4 is 10.2 Å². The summed E-state index contributed by atoms with van der Waals surface area (Å²) >= 11 is 0. The molecule has 0 atom stereocenters. The molecule has 8 nitrogen and oxygen atoms in total. The summed E-state index contributed by atoms with van der Waals surface area (Å²) < 4.78 is 1.81. The van der Waals surface area contributed by atoms with Crippen molar-refractivity contribution < 1.29 is 0 Å². The van der Waals surface area contributed by atoms with E-state index in [1.165, 1.54) is 0 Å². The second-order valence-corrected chi connectivity index (χ2v) is 7.40. The first kappa shape index (κ1) is 19.3. The van der Waals surface area contributed by atoms with E-state index in [0.717, 1.165) is 61.3 Å². The molecule has 0 spiro atoms. The molecule has 0 unspecified atom stereocenters. The topological polar surface area (TPSA) is 75.0 Å². The van der Waals surface area contributed by atoms with Crippen molar-refractivity contribution in [3.63, 3.8) is 0 Å². The Labute approximate surface area is 171 Å². The summed E-state index contributed by atoms with van der Waals surface area (Å²) in [4.78, 5) is 18.4. The molecule has 1 aliphatic heterocycles. The fraction of sp³-hybridized carbons (Fsp3) is 0.429. The molecular formula is C21H28N8. The lowest BCUT2D eigenvalue weighted by atomic mass is 10.2. The van der Waals surface area contributed by atoms with Crippen LogP contribution in [0.4, 0.5) is 11.6 Å². The Balaban J connectivity index is 1.37. The minimum absolute atomic E-state index is 0.645. The number of hydrogen-bond donors (Lipinski definition) is 1. The largest absolute Gasteiger partial charge is 0.365 e. The monoisotopic (exact) mass is 392 g/mol. The summed E-state index contributed by atoms with van der Waals surface area (Å²) in [6.07, 6.45) is 5.39. The zero-order chi connectivity index (χ0) is 20.2. The molecule has 8 heteroatoms. The highest BCUT2D eigenvalue weighted by Gasteiger charge is 2.16. The number of rotatable bonds is 6. The fourth-order valence-electron chi connectivity index (χ4n) is 3.60. The third kappa shape index (κ3) is 4.54. The normalized spacial score (nSPS) is 14.9. The lowest BCUT2D eigenvalue weighted by Gasteiger charge is -2.34. The fourth-order valence-corrected chi connectivity index (χ4v) is 3.60. The van der Waals surface area contributed by atoms with Gasteiger partial charge in [0.15, 0.2) is 5.82 Å². The summed E-state index contributed by atoms with van der Waals surface area (Å²) in [5.74, 6) is 2.48. The van der Waals surface area contributed by atoms with E-state index in [9.17, 15) is 0 Å². The van der Waals surface area contributed by atoms with Crippen LogP contribution in [0.5, 0.6) is 0 Å². The molecule has 3 aromatic rings. The summed E-state index contributed by atoms with van der Waals surface area (Å²) in [5.41, 5.74) is 3.11. The lowest BCUT2D eigenvalue weighted by molar-refractivity contribution is 0.270. The molecule has 0 amide bonds. The van der Waals surface area contributed by atoms with Crippen LogP contribution in [0.15, 0.2) is 36.8 Å². The number of nitrogens with one attached hydrogen (secondary N) is 1. The van der Waals surface area contributed by atoms with Crippen molar-refractivity contribution in [3.05, 3.63) is 53.7 Å². The van der Waals surface area contributed by atoms with Crippen molar-refractivity contribution in [2.75, 3.05) is 42.9 Å². The zero-order valence-electron chi connectivity index (χ0n) is 17.3. The van der Waals surface area contributed by atoms with Gasteiger partial charge >= 0.3 is 0 Å². The van der Waals surface area contributed by atoms with Gasteiger partial charge in [0.1, 0.15) is 11.6 Å². The van der Waals surface area contributed by atoms with E-state index in [-0.39, 0.29) is 0 Å². The van der Waals surface area contributed by atoms with Gasteiger partial charge in [-0.15, -0.1) is 0 Å². The Morgan fingerprint density at radius 2 is 1.83 bits per heavy atom. The van der Waals surface area contributed by atoms with Gasteiger partial charge in [0.05, 0.1) is 18.1 Å². The molecule has 0 bridgehead atoms. The van der Waals surface area contributed by atoms with Gasteiger partial charge in [0, 0.05) is 44.6 Å². The van der Waals surface area contributed by atoms with Crippen molar-refractivity contribution in [1.29, 1.82) is 0 Å². The van der Waals surface area contributed by atoms with Crippen LogP contribution in [0.2, 0.25) is 0 Å². The van der Waals surface area contributed by atoms with Gasteiger partial charge in [-0.3, -0.25) is 4.98 Å². The highest BCUT2D eigenvalue weighted by atomic mass is 15.3. The molecule has 4 rings (SSSR count). The van der Waals surface area contributed by atoms with Crippen LogP contribution in [0.25, 0.3) is 5.82 Å². The maximum atomic E-state index is 4.66. The third-order valence-electron chi connectivity index (χ3n) is 5.27. The standard InChI is InChI=1S/C21H28N8/c1-4-27-7-9-28(10-8-27)20-6-5-18(13-24-20)12-23-19-14-22-15-21(25-19)29-17(3)11-16(2)26-29/h5-6,11,13-15H,4,7-10,12H2,1-3H3,(H,23,25). The van der Waals surface area contributed by atoms with Crippen LogP contribution in [0, 0.1) is 13.8 Å². The van der Waals surface area contributed by atoms with Crippen molar-refractivity contribution in [2.45, 2.75) is 27.3 Å². The van der Waals surface area contributed by atoms with E-state index in [2.05, 4.69) is 54.2 Å². The van der Waals surface area contributed by atoms with Crippen LogP contribution in [0.3, 0.4) is 0 Å². The molecule has 3 aromatic heterocycles. The van der Waals surface area contributed by atoms with Crippen LogP contribution in [-0.4, -0.2) is 62.4 Å². The van der Waals surface area contributed by atoms with Gasteiger partial charge in [-0.2, -0.15) is 5.10 Å². The smallest absolute Gasteiger partial charge is 0.174 e. The number of nitrogens with zero attached hydrogens (tertiary/aromatic N) is 7. The second-order valence-electron chi connectivity index (χ2n) is 7.40. The van der Waals surface area contributed by atoms with E-state index in [4.69, 9.17) is 0 Å². The third-order valence-corrected chi connectivity index (χ3v) is 5.27. The Morgan fingerprint density at radius 3 is 2.48 bits per heavy atom. The molecule has 1 aliphatic rings. The molecule has 1 N–H and O–H groups in total. The SMILES string of the molecule is CCN1CCN(c2ccc(CNc3cncc(-n4nc(C)cc4C)n3)cn2)CC1. The molecule has 0 radical (unpaired) electrons. The number of pyridine rings is 1. The molecule has 1 saturated heterocycles. The second kappa shape index (κ2) is 8.57. The predicted octanol–water partition coefficient (Wildman–Crippen LogP) is 2.43. The molecule has 0 saturated carbocycles.